The fraction of sp³-hybridized carbons (Fsp3) is 0.440. The summed E-state index contributed by atoms with van der Waals surface area (Å²) in [6, 6.07) is 12.7. The minimum Gasteiger partial charge on any atom is -0.444 e. The van der Waals surface area contributed by atoms with Crippen molar-refractivity contribution in [1.82, 2.24) is 20.5 Å². The third kappa shape index (κ3) is 7.48. The molecule has 1 fully saturated rings. The average molecular weight is 485 g/mol. The van der Waals surface area contributed by atoms with Crippen LogP contribution in [0.25, 0.3) is 0 Å². The molecule has 0 unspecified atom stereocenters. The van der Waals surface area contributed by atoms with Crippen LogP contribution in [0.4, 0.5) is 4.79 Å². The van der Waals surface area contributed by atoms with Crippen molar-refractivity contribution in [3.8, 4) is 0 Å². The summed E-state index contributed by atoms with van der Waals surface area (Å²) in [5.41, 5.74) is 0.821. The summed E-state index contributed by atoms with van der Waals surface area (Å²) in [6.45, 7) is 6.90. The number of amides is 3. The van der Waals surface area contributed by atoms with Crippen LogP contribution in [0.1, 0.15) is 60.2 Å². The molecule has 182 valence electrons. The molecule has 0 bridgehead atoms. The van der Waals surface area contributed by atoms with Gasteiger partial charge in [0.25, 0.3) is 11.8 Å². The molecule has 1 aromatic heterocycles. The van der Waals surface area contributed by atoms with Crippen molar-refractivity contribution in [3.63, 3.8) is 0 Å². The highest BCUT2D eigenvalue weighted by molar-refractivity contribution is 7.98. The molecule has 3 rings (SSSR count). The molecule has 2 aromatic rings. The van der Waals surface area contributed by atoms with Gasteiger partial charge in [0.2, 0.25) is 0 Å². The number of piperidine rings is 1. The Balaban J connectivity index is 1.50. The summed E-state index contributed by atoms with van der Waals surface area (Å²) in [7, 11) is 0. The van der Waals surface area contributed by atoms with Crippen molar-refractivity contribution in [2.75, 3.05) is 19.3 Å². The standard InChI is InChI=1S/C25H32N4O4S/c1-25(2,3)33-24(32)29-14-12-18(13-15-29)27-23(31)21-7-5-6-20(28-21)22(30)26-16-17-8-10-19(34-4)11-9-17/h5-11,18H,12-16H2,1-4H3,(H,26,30)(H,27,31). The number of hydrogen-bond donors (Lipinski definition) is 2. The van der Waals surface area contributed by atoms with Gasteiger partial charge in [0, 0.05) is 30.6 Å². The second kappa shape index (κ2) is 11.4. The molecule has 0 atom stereocenters. The highest BCUT2D eigenvalue weighted by Gasteiger charge is 2.28. The largest absolute Gasteiger partial charge is 0.444 e. The molecule has 9 heteroatoms. The number of rotatable bonds is 6. The van der Waals surface area contributed by atoms with Gasteiger partial charge in [-0.2, -0.15) is 0 Å². The molecule has 1 aliphatic rings. The number of nitrogens with one attached hydrogen (secondary N) is 2. The van der Waals surface area contributed by atoms with Gasteiger partial charge in [-0.1, -0.05) is 18.2 Å². The third-order valence-corrected chi connectivity index (χ3v) is 6.05. The van der Waals surface area contributed by atoms with E-state index >= 15 is 0 Å². The summed E-state index contributed by atoms with van der Waals surface area (Å²) in [6.07, 6.45) is 2.93. The molecule has 3 amide bonds. The summed E-state index contributed by atoms with van der Waals surface area (Å²) >= 11 is 1.66. The molecule has 2 heterocycles. The van der Waals surface area contributed by atoms with Crippen LogP contribution in [0.2, 0.25) is 0 Å². The van der Waals surface area contributed by atoms with Crippen molar-refractivity contribution >= 4 is 29.7 Å². The number of carbonyl (C=O) groups is 3. The van der Waals surface area contributed by atoms with E-state index in [2.05, 4.69) is 15.6 Å². The normalized spacial score (nSPS) is 14.4. The van der Waals surface area contributed by atoms with Crippen LogP contribution in [0.5, 0.6) is 0 Å². The van der Waals surface area contributed by atoms with Gasteiger partial charge in [0.1, 0.15) is 17.0 Å². The smallest absolute Gasteiger partial charge is 0.410 e. The Hall–Kier alpha value is -3.07. The highest BCUT2D eigenvalue weighted by Crippen LogP contribution is 2.16. The first-order valence-electron chi connectivity index (χ1n) is 11.3. The minimum atomic E-state index is -0.538. The molecule has 0 aliphatic carbocycles. The fourth-order valence-corrected chi connectivity index (χ4v) is 3.90. The summed E-state index contributed by atoms with van der Waals surface area (Å²) in [5, 5.41) is 5.81. The molecule has 0 saturated carbocycles. The van der Waals surface area contributed by atoms with Gasteiger partial charge in [-0.3, -0.25) is 9.59 Å². The van der Waals surface area contributed by atoms with Gasteiger partial charge in [0.05, 0.1) is 0 Å². The Morgan fingerprint density at radius 2 is 1.65 bits per heavy atom. The van der Waals surface area contributed by atoms with E-state index < -0.39 is 5.60 Å². The molecule has 0 spiro atoms. The van der Waals surface area contributed by atoms with E-state index in [1.807, 2.05) is 51.3 Å². The van der Waals surface area contributed by atoms with Crippen LogP contribution in [-0.4, -0.2) is 58.8 Å². The Morgan fingerprint density at radius 3 is 2.24 bits per heavy atom. The van der Waals surface area contributed by atoms with Gasteiger partial charge in [-0.25, -0.2) is 9.78 Å². The summed E-state index contributed by atoms with van der Waals surface area (Å²) < 4.78 is 5.41. The van der Waals surface area contributed by atoms with E-state index in [1.54, 1.807) is 34.9 Å². The monoisotopic (exact) mass is 484 g/mol. The Bertz CT molecular complexity index is 1010. The van der Waals surface area contributed by atoms with Crippen molar-refractivity contribution in [2.45, 2.75) is 56.7 Å². The topological polar surface area (TPSA) is 101 Å². The molecule has 2 N–H and O–H groups in total. The van der Waals surface area contributed by atoms with Crippen molar-refractivity contribution in [1.29, 1.82) is 0 Å². The number of pyridine rings is 1. The lowest BCUT2D eigenvalue weighted by atomic mass is 10.1. The van der Waals surface area contributed by atoms with Crippen molar-refractivity contribution < 1.29 is 19.1 Å². The second-order valence-electron chi connectivity index (χ2n) is 9.15. The van der Waals surface area contributed by atoms with Crippen LogP contribution in [0.3, 0.4) is 0 Å². The predicted octanol–water partition coefficient (Wildman–Crippen LogP) is 3.86. The van der Waals surface area contributed by atoms with E-state index in [-0.39, 0.29) is 35.3 Å². The van der Waals surface area contributed by atoms with E-state index in [9.17, 15) is 14.4 Å². The zero-order valence-electron chi connectivity index (χ0n) is 20.1. The quantitative estimate of drug-likeness (QED) is 0.604. The average Bonchev–Trinajstić information content (AvgIpc) is 2.82. The number of carbonyl (C=O) groups excluding carboxylic acids is 3. The van der Waals surface area contributed by atoms with E-state index in [1.165, 1.54) is 0 Å². The first-order chi connectivity index (χ1) is 16.1. The maximum atomic E-state index is 12.7. The van der Waals surface area contributed by atoms with Gasteiger partial charge in [-0.05, 0) is 69.7 Å². The lowest BCUT2D eigenvalue weighted by molar-refractivity contribution is 0.0199. The number of nitrogens with zero attached hydrogens (tertiary/aromatic N) is 2. The second-order valence-corrected chi connectivity index (χ2v) is 10.0. The van der Waals surface area contributed by atoms with Gasteiger partial charge >= 0.3 is 6.09 Å². The summed E-state index contributed by atoms with van der Waals surface area (Å²) in [5.74, 6) is -0.674. The van der Waals surface area contributed by atoms with Crippen LogP contribution in [0, 0.1) is 0 Å². The lowest BCUT2D eigenvalue weighted by Crippen LogP contribution is -2.48. The molecule has 1 aliphatic heterocycles. The van der Waals surface area contributed by atoms with E-state index in [0.717, 1.165) is 10.5 Å². The number of likely N-dealkylation sites (tertiary alicyclic amines) is 1. The molecule has 0 radical (unpaired) electrons. The van der Waals surface area contributed by atoms with Gasteiger partial charge in [-0.15, -0.1) is 11.8 Å². The molecule has 1 aromatic carbocycles. The Morgan fingerprint density at radius 1 is 1.03 bits per heavy atom. The van der Waals surface area contributed by atoms with E-state index in [4.69, 9.17) is 4.74 Å². The SMILES string of the molecule is CSc1ccc(CNC(=O)c2cccc(C(=O)NC3CCN(C(=O)OC(C)(C)C)CC3)n2)cc1. The molecular formula is C25H32N4O4S. The van der Waals surface area contributed by atoms with Gasteiger partial charge < -0.3 is 20.3 Å². The fourth-order valence-electron chi connectivity index (χ4n) is 3.50. The first kappa shape index (κ1) is 25.6. The number of ether oxygens (including phenoxy) is 1. The molecule has 34 heavy (non-hydrogen) atoms. The maximum absolute atomic E-state index is 12.7. The number of hydrogen-bond acceptors (Lipinski definition) is 6. The maximum Gasteiger partial charge on any atom is 0.410 e. The Kier molecular flexibility index (Phi) is 8.55. The predicted molar refractivity (Wildman–Crippen MR) is 132 cm³/mol. The number of thioether (sulfide) groups is 1. The lowest BCUT2D eigenvalue weighted by Gasteiger charge is -2.33. The van der Waals surface area contributed by atoms with Crippen molar-refractivity contribution in [2.24, 2.45) is 0 Å². The number of aromatic nitrogens is 1. The summed E-state index contributed by atoms with van der Waals surface area (Å²) in [4.78, 5) is 44.5. The molecule has 1 saturated heterocycles. The van der Waals surface area contributed by atoms with Crippen LogP contribution < -0.4 is 10.6 Å². The van der Waals surface area contributed by atoms with Crippen LogP contribution in [0.15, 0.2) is 47.4 Å². The zero-order chi connectivity index (χ0) is 24.7. The van der Waals surface area contributed by atoms with Crippen molar-refractivity contribution in [3.05, 3.63) is 59.4 Å². The third-order valence-electron chi connectivity index (χ3n) is 5.31. The zero-order valence-corrected chi connectivity index (χ0v) is 20.9. The molecule has 8 nitrogen and oxygen atoms in total. The van der Waals surface area contributed by atoms with Gasteiger partial charge in [0.15, 0.2) is 0 Å². The molecular weight excluding hydrogens is 452 g/mol. The minimum absolute atomic E-state index is 0.0743. The number of benzene rings is 1. The van der Waals surface area contributed by atoms with E-state index in [0.29, 0.717) is 32.5 Å². The Labute approximate surface area is 204 Å². The van der Waals surface area contributed by atoms with Crippen LogP contribution >= 0.6 is 11.8 Å². The first-order valence-corrected chi connectivity index (χ1v) is 12.5. The van der Waals surface area contributed by atoms with Crippen LogP contribution in [-0.2, 0) is 11.3 Å². The highest BCUT2D eigenvalue weighted by atomic mass is 32.2.